The summed E-state index contributed by atoms with van der Waals surface area (Å²) in [7, 11) is 1.60. The highest BCUT2D eigenvalue weighted by molar-refractivity contribution is 6.33. The molecule has 0 aliphatic heterocycles. The number of nitrogens with zero attached hydrogens (tertiary/aromatic N) is 16. The zero-order valence-corrected chi connectivity index (χ0v) is 66.1. The average molecular weight is 1630 g/mol. The number of amides is 5. The molecule has 16 aromatic rings. The number of rotatable bonds is 19. The monoisotopic (exact) mass is 1630 g/mol. The molecular formula is C89H78ClF2N21O7. The Balaban J connectivity index is 0.000000114. The number of carbonyl (C=O) groups is 5. The Hall–Kier alpha value is -14.9. The molecule has 12 heterocycles. The minimum absolute atomic E-state index is 0.00498. The van der Waals surface area contributed by atoms with E-state index in [1.807, 2.05) is 111 Å². The third-order valence-electron chi connectivity index (χ3n) is 21.0. The molecule has 20 rings (SSSR count). The second-order valence-corrected chi connectivity index (χ2v) is 30.4. The van der Waals surface area contributed by atoms with E-state index < -0.39 is 23.4 Å². The van der Waals surface area contributed by atoms with E-state index in [0.29, 0.717) is 68.1 Å². The quantitative estimate of drug-likeness (QED) is 0.0370. The Morgan fingerprint density at radius 2 is 0.808 bits per heavy atom. The first-order chi connectivity index (χ1) is 58.0. The fraction of sp³-hybridized carbons (Fsp3) is 0.180. The van der Waals surface area contributed by atoms with E-state index in [4.69, 9.17) is 11.6 Å². The fourth-order valence-corrected chi connectivity index (χ4v) is 13.9. The van der Waals surface area contributed by atoms with E-state index in [1.54, 1.807) is 150 Å². The van der Waals surface area contributed by atoms with Gasteiger partial charge in [0, 0.05) is 131 Å². The number of aromatic nitrogens is 16. The Bertz CT molecular complexity index is 6780. The van der Waals surface area contributed by atoms with Crippen LogP contribution >= 0.6 is 11.6 Å². The van der Waals surface area contributed by atoms with Gasteiger partial charge in [-0.2, -0.15) is 15.3 Å². The van der Waals surface area contributed by atoms with Crippen molar-refractivity contribution in [1.29, 1.82) is 0 Å². The van der Waals surface area contributed by atoms with E-state index >= 15 is 0 Å². The molecule has 31 heteroatoms. The number of halogens is 3. The second-order valence-electron chi connectivity index (χ2n) is 30.0. The molecular weight excluding hydrogens is 1550 g/mol. The van der Waals surface area contributed by atoms with Crippen molar-refractivity contribution in [2.75, 3.05) is 7.05 Å². The highest BCUT2D eigenvalue weighted by atomic mass is 35.5. The van der Waals surface area contributed by atoms with Gasteiger partial charge in [0.2, 0.25) is 0 Å². The lowest BCUT2D eigenvalue weighted by molar-refractivity contribution is 0.0938. The highest BCUT2D eigenvalue weighted by Gasteiger charge is 2.30. The Morgan fingerprint density at radius 1 is 0.408 bits per heavy atom. The van der Waals surface area contributed by atoms with Gasteiger partial charge in [-0.25, -0.2) is 47.7 Å². The molecule has 28 nitrogen and oxygen atoms in total. The van der Waals surface area contributed by atoms with Gasteiger partial charge in [-0.1, -0.05) is 43.0 Å². The summed E-state index contributed by atoms with van der Waals surface area (Å²) >= 11 is 6.26. The first-order valence-corrected chi connectivity index (χ1v) is 39.2. The molecule has 0 bridgehead atoms. The largest absolute Gasteiger partial charge is 0.508 e. The van der Waals surface area contributed by atoms with Crippen molar-refractivity contribution in [3.05, 3.63) is 300 Å². The predicted octanol–water partition coefficient (Wildman–Crippen LogP) is 14.6. The van der Waals surface area contributed by atoms with Crippen LogP contribution in [0.1, 0.15) is 131 Å². The maximum atomic E-state index is 14.5. The number of imidazole rings is 5. The zero-order chi connectivity index (χ0) is 83.3. The standard InChI is InChI=1S/C23H20FN5O2.C23H22N6O2.C23H21N5O2.C20H15ClFN5O/c1-13-7-20(24)19(23(31)27-17-4-5-17)8-18(13)16-9-26-29(12-16)22-10-25-21-6-3-15(14(2)30)11-28(21)22;1-14-3-4-15(23(31)27-17-6-7-17)9-18(14)19-12-28(13-26-19)21-10-25-20-8-5-16(11-29(20)21)22(30)24-2;1-14-3-4-16(23(30)26-19-6-7-19)9-20(14)18-10-25-28(13-18)22-11-24-21-8-5-17(15(2)29)12-27(21)22;21-16-8-17(22)15(20(28)25-13-4-5-13)7-14(16)12-9-24-27(11-12)19-10-23-18-3-1-2-6-26(18)19/h3,6-12,17,30H,2,4-5H2,1H3,(H,27,31);3-5,8-13,17H,6-7H2,1-2H3,(H,24,30)(H,27,31);3-5,8-13,19,29H,2,6-7H2,1H3,(H,26,30);1-3,6-11,13H,4-5H2,(H,25,28). The molecule has 5 amide bonds. The van der Waals surface area contributed by atoms with E-state index in [1.165, 1.54) is 18.2 Å². The number of benzene rings is 4. The molecule has 0 radical (unpaired) electrons. The van der Waals surface area contributed by atoms with Gasteiger partial charge < -0.3 is 36.8 Å². The molecule has 0 unspecified atom stereocenters. The van der Waals surface area contributed by atoms with Crippen LogP contribution in [0.4, 0.5) is 8.78 Å². The third-order valence-corrected chi connectivity index (χ3v) is 21.3. The first kappa shape index (κ1) is 77.6. The minimum Gasteiger partial charge on any atom is -0.508 e. The molecule has 120 heavy (non-hydrogen) atoms. The Kier molecular flexibility index (Phi) is 20.9. The van der Waals surface area contributed by atoms with Crippen molar-refractivity contribution in [3.63, 3.8) is 0 Å². The summed E-state index contributed by atoms with van der Waals surface area (Å²) in [6.07, 6.45) is 36.1. The number of pyridine rings is 4. The maximum Gasteiger partial charge on any atom is 0.254 e. The number of aliphatic hydroxyl groups is 2. The highest BCUT2D eigenvalue weighted by Crippen LogP contribution is 2.35. The smallest absolute Gasteiger partial charge is 0.254 e. The molecule has 4 aliphatic rings. The maximum absolute atomic E-state index is 14.5. The molecule has 4 fully saturated rings. The molecule has 4 saturated carbocycles. The van der Waals surface area contributed by atoms with Crippen LogP contribution in [0.25, 0.3) is 102 Å². The lowest BCUT2D eigenvalue weighted by Gasteiger charge is -2.09. The lowest BCUT2D eigenvalue weighted by atomic mass is 9.99. The van der Waals surface area contributed by atoms with Crippen molar-refractivity contribution in [2.45, 2.75) is 96.3 Å². The number of hydrogen-bond donors (Lipinski definition) is 7. The van der Waals surface area contributed by atoms with Crippen molar-refractivity contribution >= 4 is 75.2 Å². The van der Waals surface area contributed by atoms with Crippen molar-refractivity contribution in [1.82, 2.24) is 103 Å². The van der Waals surface area contributed by atoms with Crippen LogP contribution in [-0.2, 0) is 0 Å². The van der Waals surface area contributed by atoms with Gasteiger partial charge in [0.05, 0.1) is 70.8 Å². The van der Waals surface area contributed by atoms with Gasteiger partial charge in [-0.3, -0.25) is 46.1 Å². The molecule has 0 saturated heterocycles. The number of aliphatic hydroxyl groups excluding tert-OH is 2. The number of aryl methyl sites for hydroxylation is 3. The average Bonchev–Trinajstić information content (AvgIpc) is 1.60. The SMILES string of the molecule is C=C(O)c1ccc2ncc(-n3cc(-c4cc(C(=O)NC5CC5)c(F)cc4C)cn3)n2c1.C=C(O)c1ccc2ncc(-n3cc(-c4cc(C(=O)NC5CC5)ccc4C)cn3)n2c1.CNC(=O)c1ccc2ncc(-n3cnc(-c4cc(C(=O)NC5CC5)ccc4C)c3)n2c1.O=C(NC1CC1)c1cc(-c2cnn(-c3cnc4ccccn34)c2)c(Cl)cc1F. The van der Waals surface area contributed by atoms with Crippen molar-refractivity contribution in [3.8, 4) is 67.9 Å². The molecule has 4 aliphatic carbocycles. The summed E-state index contributed by atoms with van der Waals surface area (Å²) in [6, 6.07) is 34.3. The van der Waals surface area contributed by atoms with Crippen LogP contribution in [0, 0.1) is 32.4 Å². The van der Waals surface area contributed by atoms with Gasteiger partial charge in [-0.15, -0.1) is 0 Å². The number of nitrogens with one attached hydrogen (secondary N) is 5. The molecule has 0 spiro atoms. The number of fused-ring (bicyclic) bond motifs is 4. The van der Waals surface area contributed by atoms with Gasteiger partial charge in [-0.05, 0) is 197 Å². The Morgan fingerprint density at radius 3 is 1.30 bits per heavy atom. The molecule has 4 aromatic carbocycles. The second kappa shape index (κ2) is 32.3. The van der Waals surface area contributed by atoms with Crippen LogP contribution < -0.4 is 26.6 Å². The van der Waals surface area contributed by atoms with Gasteiger partial charge >= 0.3 is 0 Å². The van der Waals surface area contributed by atoms with E-state index in [9.17, 15) is 43.0 Å². The van der Waals surface area contributed by atoms with E-state index in [0.717, 1.165) is 130 Å². The third kappa shape index (κ3) is 16.5. The summed E-state index contributed by atoms with van der Waals surface area (Å²) in [5, 5.41) is 47.3. The van der Waals surface area contributed by atoms with Crippen LogP contribution in [0.5, 0.6) is 0 Å². The van der Waals surface area contributed by atoms with Crippen LogP contribution in [-0.4, -0.2) is 147 Å². The minimum atomic E-state index is -0.638. The van der Waals surface area contributed by atoms with Gasteiger partial charge in [0.1, 0.15) is 57.9 Å². The van der Waals surface area contributed by atoms with Crippen LogP contribution in [0.15, 0.2) is 228 Å². The number of carbonyl (C=O) groups excluding carboxylic acids is 5. The predicted molar refractivity (Wildman–Crippen MR) is 449 cm³/mol. The normalized spacial score (nSPS) is 13.5. The molecule has 7 N–H and O–H groups in total. The summed E-state index contributed by atoms with van der Waals surface area (Å²) in [5.74, 6) is 0.630. The van der Waals surface area contributed by atoms with Crippen molar-refractivity contribution < 1.29 is 43.0 Å². The fourth-order valence-electron chi connectivity index (χ4n) is 13.7. The van der Waals surface area contributed by atoms with E-state index in [-0.39, 0.29) is 57.5 Å². The zero-order valence-electron chi connectivity index (χ0n) is 65.3. The van der Waals surface area contributed by atoms with Gasteiger partial charge in [0.25, 0.3) is 29.5 Å². The summed E-state index contributed by atoms with van der Waals surface area (Å²) in [5.41, 5.74) is 15.0. The molecule has 12 aromatic heterocycles. The summed E-state index contributed by atoms with van der Waals surface area (Å²) in [6.45, 7) is 13.0. The molecule has 0 atom stereocenters. The topological polar surface area (TPSA) is 326 Å². The Labute approximate surface area is 688 Å². The summed E-state index contributed by atoms with van der Waals surface area (Å²) < 4.78 is 43.0. The molecule has 602 valence electrons. The lowest BCUT2D eigenvalue weighted by Crippen LogP contribution is -2.26. The number of hydrogen-bond acceptors (Lipinski definition) is 15. The van der Waals surface area contributed by atoms with Crippen molar-refractivity contribution in [2.24, 2.45) is 0 Å². The van der Waals surface area contributed by atoms with Crippen LogP contribution in [0.2, 0.25) is 5.02 Å². The van der Waals surface area contributed by atoms with Crippen LogP contribution in [0.3, 0.4) is 0 Å². The first-order valence-electron chi connectivity index (χ1n) is 38.8. The summed E-state index contributed by atoms with van der Waals surface area (Å²) in [4.78, 5) is 83.8. The van der Waals surface area contributed by atoms with Gasteiger partial charge in [0.15, 0.2) is 17.5 Å². The van der Waals surface area contributed by atoms with E-state index in [2.05, 4.69) is 80.0 Å².